The topological polar surface area (TPSA) is 65.3 Å². The number of nitrogens with zero attached hydrogens (tertiary/aromatic N) is 2. The van der Waals surface area contributed by atoms with E-state index in [2.05, 4.69) is 4.98 Å². The third-order valence-corrected chi connectivity index (χ3v) is 2.48. The third-order valence-electron chi connectivity index (χ3n) is 2.48. The van der Waals surface area contributed by atoms with Crippen LogP contribution in [-0.4, -0.2) is 17.0 Å². The van der Waals surface area contributed by atoms with Crippen LogP contribution in [0.25, 0.3) is 11.1 Å². The molecule has 0 fully saturated rings. The Kier molecular flexibility index (Phi) is 3.37. The zero-order valence-electron chi connectivity index (χ0n) is 9.76. The van der Waals surface area contributed by atoms with Crippen molar-refractivity contribution in [1.29, 1.82) is 0 Å². The maximum Gasteiger partial charge on any atom is 0.331 e. The van der Waals surface area contributed by atoms with Gasteiger partial charge in [0.2, 0.25) is 0 Å². The van der Waals surface area contributed by atoms with Crippen molar-refractivity contribution in [3.63, 3.8) is 0 Å². The molecule has 2 rings (SSSR count). The highest BCUT2D eigenvalue weighted by molar-refractivity contribution is 5.67. The Morgan fingerprint density at radius 2 is 2.11 bits per heavy atom. The van der Waals surface area contributed by atoms with Crippen molar-refractivity contribution < 1.29 is 18.4 Å². The summed E-state index contributed by atoms with van der Waals surface area (Å²) in [6, 6.07) is 4.67. The monoisotopic (exact) mass is 266 g/mol. The molecule has 0 aliphatic heterocycles. The Labute approximate surface area is 106 Å². The summed E-state index contributed by atoms with van der Waals surface area (Å²) in [6.45, 7) is 0. The number of benzene rings is 1. The molecule has 0 unspecified atom stereocenters. The molecule has 0 N–H and O–H groups in total. The number of aromatic nitrogens is 1. The minimum Gasteiger partial charge on any atom is -0.476 e. The van der Waals surface area contributed by atoms with Crippen molar-refractivity contribution in [3.8, 4) is 17.0 Å². The molecule has 0 spiro atoms. The summed E-state index contributed by atoms with van der Waals surface area (Å²) in [4.78, 5) is 13.8. The molecule has 0 aliphatic carbocycles. The Morgan fingerprint density at radius 1 is 1.37 bits per heavy atom. The van der Waals surface area contributed by atoms with E-state index in [1.807, 2.05) is 0 Å². The molecular weight excluding hydrogens is 258 g/mol. The summed E-state index contributed by atoms with van der Waals surface area (Å²) < 4.78 is 31.4. The SMILES string of the molecule is COc1ncc(-c2cccc(F)c2F)cc1[N+](=O)[O-]. The lowest BCUT2D eigenvalue weighted by atomic mass is 10.1. The summed E-state index contributed by atoms with van der Waals surface area (Å²) in [6.07, 6.45) is 1.18. The van der Waals surface area contributed by atoms with Gasteiger partial charge in [0, 0.05) is 23.4 Å². The van der Waals surface area contributed by atoms with E-state index < -0.39 is 22.2 Å². The van der Waals surface area contributed by atoms with E-state index in [-0.39, 0.29) is 17.0 Å². The lowest BCUT2D eigenvalue weighted by Crippen LogP contribution is -1.98. The van der Waals surface area contributed by atoms with Crippen LogP contribution >= 0.6 is 0 Å². The summed E-state index contributed by atoms with van der Waals surface area (Å²) in [5, 5.41) is 10.8. The van der Waals surface area contributed by atoms with Crippen molar-refractivity contribution in [2.45, 2.75) is 0 Å². The molecule has 19 heavy (non-hydrogen) atoms. The fourth-order valence-corrected chi connectivity index (χ4v) is 1.60. The highest BCUT2D eigenvalue weighted by atomic mass is 19.2. The predicted octanol–water partition coefficient (Wildman–Crippen LogP) is 2.94. The number of nitro groups is 1. The number of hydrogen-bond donors (Lipinski definition) is 0. The molecule has 0 saturated heterocycles. The first-order valence-electron chi connectivity index (χ1n) is 5.17. The number of ether oxygens (including phenoxy) is 1. The average molecular weight is 266 g/mol. The number of methoxy groups -OCH3 is 1. The van der Waals surface area contributed by atoms with Gasteiger partial charge in [0.25, 0.3) is 5.88 Å². The normalized spacial score (nSPS) is 10.3. The van der Waals surface area contributed by atoms with E-state index in [0.29, 0.717) is 0 Å². The van der Waals surface area contributed by atoms with Crippen LogP contribution in [-0.2, 0) is 0 Å². The molecule has 1 heterocycles. The van der Waals surface area contributed by atoms with E-state index in [1.54, 1.807) is 0 Å². The minimum atomic E-state index is -1.08. The Morgan fingerprint density at radius 3 is 2.74 bits per heavy atom. The van der Waals surface area contributed by atoms with Crippen LogP contribution in [0.1, 0.15) is 0 Å². The first kappa shape index (κ1) is 12.9. The zero-order valence-corrected chi connectivity index (χ0v) is 9.76. The molecule has 0 saturated carbocycles. The van der Waals surface area contributed by atoms with Crippen LogP contribution in [0.3, 0.4) is 0 Å². The molecule has 1 aromatic carbocycles. The van der Waals surface area contributed by atoms with Crippen molar-refractivity contribution in [2.24, 2.45) is 0 Å². The summed E-state index contributed by atoms with van der Waals surface area (Å²) in [5.41, 5.74) is -0.411. The van der Waals surface area contributed by atoms with E-state index in [1.165, 1.54) is 25.4 Å². The van der Waals surface area contributed by atoms with E-state index in [4.69, 9.17) is 4.74 Å². The number of halogens is 2. The van der Waals surface area contributed by atoms with Crippen LogP contribution in [0.2, 0.25) is 0 Å². The number of pyridine rings is 1. The second-order valence-electron chi connectivity index (χ2n) is 3.61. The summed E-state index contributed by atoms with van der Waals surface area (Å²) in [7, 11) is 1.23. The van der Waals surface area contributed by atoms with Crippen LogP contribution in [0.15, 0.2) is 30.5 Å². The molecular formula is C12H8F2N2O3. The minimum absolute atomic E-state index is 0.0988. The second-order valence-corrected chi connectivity index (χ2v) is 3.61. The van der Waals surface area contributed by atoms with Crippen molar-refractivity contribution in [3.05, 3.63) is 52.2 Å². The van der Waals surface area contributed by atoms with E-state index >= 15 is 0 Å². The van der Waals surface area contributed by atoms with Gasteiger partial charge in [-0.3, -0.25) is 10.1 Å². The average Bonchev–Trinajstić information content (AvgIpc) is 2.41. The smallest absolute Gasteiger partial charge is 0.331 e. The van der Waals surface area contributed by atoms with Crippen molar-refractivity contribution in [2.75, 3.05) is 7.11 Å². The Balaban J connectivity index is 2.61. The van der Waals surface area contributed by atoms with Gasteiger partial charge in [-0.25, -0.2) is 13.8 Å². The quantitative estimate of drug-likeness (QED) is 0.632. The molecule has 7 heteroatoms. The number of rotatable bonds is 3. The standard InChI is InChI=1S/C12H8F2N2O3/c1-19-12-10(16(17)18)5-7(6-15-12)8-3-2-4-9(13)11(8)14/h2-6H,1H3. The molecule has 0 radical (unpaired) electrons. The van der Waals surface area contributed by atoms with Gasteiger partial charge < -0.3 is 4.74 Å². The third kappa shape index (κ3) is 2.35. The molecule has 0 bridgehead atoms. The van der Waals surface area contributed by atoms with Crippen molar-refractivity contribution in [1.82, 2.24) is 4.98 Å². The van der Waals surface area contributed by atoms with Gasteiger partial charge in [-0.15, -0.1) is 0 Å². The second kappa shape index (κ2) is 4.97. The summed E-state index contributed by atoms with van der Waals surface area (Å²) >= 11 is 0. The van der Waals surface area contributed by atoms with Crippen LogP contribution in [0.4, 0.5) is 14.5 Å². The fourth-order valence-electron chi connectivity index (χ4n) is 1.60. The van der Waals surface area contributed by atoms with Crippen LogP contribution in [0, 0.1) is 21.7 Å². The van der Waals surface area contributed by atoms with E-state index in [9.17, 15) is 18.9 Å². The molecule has 1 aromatic heterocycles. The largest absolute Gasteiger partial charge is 0.476 e. The highest BCUT2D eigenvalue weighted by Gasteiger charge is 2.19. The molecule has 2 aromatic rings. The van der Waals surface area contributed by atoms with Gasteiger partial charge >= 0.3 is 5.69 Å². The van der Waals surface area contributed by atoms with Gasteiger partial charge in [-0.05, 0) is 6.07 Å². The molecule has 0 aliphatic rings. The van der Waals surface area contributed by atoms with Crippen LogP contribution < -0.4 is 4.74 Å². The molecule has 98 valence electrons. The highest BCUT2D eigenvalue weighted by Crippen LogP contribution is 2.31. The van der Waals surface area contributed by atoms with Gasteiger partial charge in [-0.2, -0.15) is 0 Å². The molecule has 0 atom stereocenters. The van der Waals surface area contributed by atoms with E-state index in [0.717, 1.165) is 12.1 Å². The maximum atomic E-state index is 13.6. The fraction of sp³-hybridized carbons (Fsp3) is 0.0833. The van der Waals surface area contributed by atoms with Gasteiger partial charge in [0.05, 0.1) is 12.0 Å². The first-order chi connectivity index (χ1) is 9.04. The lowest BCUT2D eigenvalue weighted by molar-refractivity contribution is -0.386. The molecule has 0 amide bonds. The van der Waals surface area contributed by atoms with Gasteiger partial charge in [-0.1, -0.05) is 12.1 Å². The van der Waals surface area contributed by atoms with Gasteiger partial charge in [0.15, 0.2) is 11.6 Å². The van der Waals surface area contributed by atoms with Crippen molar-refractivity contribution >= 4 is 5.69 Å². The first-order valence-corrected chi connectivity index (χ1v) is 5.17. The summed E-state index contributed by atoms with van der Waals surface area (Å²) in [5.74, 6) is -2.30. The predicted molar refractivity (Wildman–Crippen MR) is 62.8 cm³/mol. The Bertz CT molecular complexity index is 647. The number of hydrogen-bond acceptors (Lipinski definition) is 4. The lowest BCUT2D eigenvalue weighted by Gasteiger charge is -2.05. The maximum absolute atomic E-state index is 13.6. The molecule has 5 nitrogen and oxygen atoms in total. The van der Waals surface area contributed by atoms with Gasteiger partial charge in [0.1, 0.15) is 0 Å². The Hall–Kier alpha value is -2.57. The van der Waals surface area contributed by atoms with Crippen LogP contribution in [0.5, 0.6) is 5.88 Å². The zero-order chi connectivity index (χ0) is 14.0.